The number of esters is 1. The number of ether oxygens (including phenoxy) is 2. The molecule has 0 bridgehead atoms. The molecule has 1 aliphatic carbocycles. The van der Waals surface area contributed by atoms with Gasteiger partial charge in [-0.1, -0.05) is 108 Å². The monoisotopic (exact) mass is 538 g/mol. The van der Waals surface area contributed by atoms with Gasteiger partial charge >= 0.3 is 5.97 Å². The highest BCUT2D eigenvalue weighted by Gasteiger charge is 2.27. The van der Waals surface area contributed by atoms with Gasteiger partial charge in [0.25, 0.3) is 0 Å². The van der Waals surface area contributed by atoms with Crippen LogP contribution in [0.25, 0.3) is 11.1 Å². The average molecular weight is 539 g/mol. The molecule has 0 spiro atoms. The van der Waals surface area contributed by atoms with Gasteiger partial charge < -0.3 is 9.47 Å². The molecule has 4 heteroatoms. The third-order valence-electron chi connectivity index (χ3n) is 8.09. The molecule has 0 N–H and O–H groups in total. The summed E-state index contributed by atoms with van der Waals surface area (Å²) in [6.45, 7) is 4.93. The molecule has 0 unspecified atom stereocenters. The zero-order valence-corrected chi connectivity index (χ0v) is 24.5. The van der Waals surface area contributed by atoms with Crippen LogP contribution in [0.4, 0.5) is 4.39 Å². The number of aryl methyl sites for hydroxylation is 1. The summed E-state index contributed by atoms with van der Waals surface area (Å²) < 4.78 is 25.4. The molecular weight excluding hydrogens is 487 g/mol. The molecule has 0 radical (unpaired) electrons. The lowest BCUT2D eigenvalue weighted by atomic mass is 9.88. The topological polar surface area (TPSA) is 35.5 Å². The highest BCUT2D eigenvalue weighted by molar-refractivity contribution is 5.74. The van der Waals surface area contributed by atoms with E-state index >= 15 is 0 Å². The average Bonchev–Trinajstić information content (AvgIpc) is 2.97. The van der Waals surface area contributed by atoms with Gasteiger partial charge in [-0.25, -0.2) is 9.18 Å². The van der Waals surface area contributed by atoms with Crippen molar-refractivity contribution in [2.45, 2.75) is 129 Å². The van der Waals surface area contributed by atoms with Crippen molar-refractivity contribution >= 4 is 5.97 Å². The van der Waals surface area contributed by atoms with Crippen LogP contribution in [-0.2, 0) is 16.0 Å². The van der Waals surface area contributed by atoms with E-state index in [0.717, 1.165) is 37.9 Å². The minimum atomic E-state index is -1.48. The number of carbonyl (C=O) groups excluding carboxylic acids is 1. The molecular formula is C35H51FO3. The standard InChI is InChI=1S/C35H51FO3/c1-3-5-7-8-9-10-11-12-13-28-15-19-30(20-16-28)31-21-25-32(26-22-31)38-27-29-17-23-33(24-18-29)39-35(37)34(36)14-6-4-2/h15-16,19-22,25-26,29,33-34H,3-14,17-18,23-24,27H2,1-2H3/t29?,33?,34-/m0/s1. The van der Waals surface area contributed by atoms with Crippen LogP contribution >= 0.6 is 0 Å². The number of rotatable bonds is 18. The summed E-state index contributed by atoms with van der Waals surface area (Å²) >= 11 is 0. The molecule has 0 aromatic heterocycles. The SMILES string of the molecule is CCCCCCCCCCc1ccc(-c2ccc(OCC3CCC(OC(=O)[C@@H](F)CCCC)CC3)cc2)cc1. The lowest BCUT2D eigenvalue weighted by Crippen LogP contribution is -2.30. The number of benzene rings is 2. The summed E-state index contributed by atoms with van der Waals surface area (Å²) in [5, 5.41) is 0. The third-order valence-corrected chi connectivity index (χ3v) is 8.09. The maximum atomic E-state index is 13.9. The lowest BCUT2D eigenvalue weighted by Gasteiger charge is -2.28. The Hall–Kier alpha value is -2.36. The van der Waals surface area contributed by atoms with Gasteiger partial charge in [-0.15, -0.1) is 0 Å². The van der Waals surface area contributed by atoms with E-state index in [1.807, 2.05) is 6.92 Å². The number of halogens is 1. The Balaban J connectivity index is 1.32. The maximum absolute atomic E-state index is 13.9. The fourth-order valence-electron chi connectivity index (χ4n) is 5.44. The minimum Gasteiger partial charge on any atom is -0.493 e. The predicted octanol–water partition coefficient (Wildman–Crippen LogP) is 10.0. The smallest absolute Gasteiger partial charge is 0.340 e. The molecule has 0 heterocycles. The summed E-state index contributed by atoms with van der Waals surface area (Å²) in [6.07, 6.45) is 15.7. The Morgan fingerprint density at radius 3 is 1.95 bits per heavy atom. The Morgan fingerprint density at radius 2 is 1.33 bits per heavy atom. The van der Waals surface area contributed by atoms with E-state index < -0.39 is 12.1 Å². The molecule has 216 valence electrons. The zero-order valence-electron chi connectivity index (χ0n) is 24.5. The highest BCUT2D eigenvalue weighted by atomic mass is 19.1. The number of alkyl halides is 1. The summed E-state index contributed by atoms with van der Waals surface area (Å²) in [4.78, 5) is 11.9. The molecule has 1 fully saturated rings. The molecule has 3 nitrogen and oxygen atoms in total. The Bertz CT molecular complexity index is 916. The van der Waals surface area contributed by atoms with Crippen LogP contribution in [0.2, 0.25) is 0 Å². The van der Waals surface area contributed by atoms with Gasteiger partial charge in [-0.3, -0.25) is 0 Å². The van der Waals surface area contributed by atoms with E-state index in [4.69, 9.17) is 9.47 Å². The van der Waals surface area contributed by atoms with Crippen LogP contribution in [0.15, 0.2) is 48.5 Å². The van der Waals surface area contributed by atoms with Crippen molar-refractivity contribution in [2.75, 3.05) is 6.61 Å². The fraction of sp³-hybridized carbons (Fsp3) is 0.629. The first kappa shape index (κ1) is 31.2. The molecule has 1 saturated carbocycles. The normalized spacial score (nSPS) is 18.0. The zero-order chi connectivity index (χ0) is 27.7. The predicted molar refractivity (Wildman–Crippen MR) is 160 cm³/mol. The molecule has 0 saturated heterocycles. The van der Waals surface area contributed by atoms with Crippen molar-refractivity contribution in [3.05, 3.63) is 54.1 Å². The summed E-state index contributed by atoms with van der Waals surface area (Å²) in [5.41, 5.74) is 3.86. The molecule has 0 aliphatic heterocycles. The highest BCUT2D eigenvalue weighted by Crippen LogP contribution is 2.29. The molecule has 1 aliphatic rings. The molecule has 3 rings (SSSR count). The molecule has 39 heavy (non-hydrogen) atoms. The fourth-order valence-corrected chi connectivity index (χ4v) is 5.44. The second-order valence-electron chi connectivity index (χ2n) is 11.4. The Morgan fingerprint density at radius 1 is 0.769 bits per heavy atom. The number of carbonyl (C=O) groups is 1. The van der Waals surface area contributed by atoms with Gasteiger partial charge in [-0.05, 0) is 79.7 Å². The van der Waals surface area contributed by atoms with Crippen LogP contribution in [0.1, 0.15) is 116 Å². The van der Waals surface area contributed by atoms with Crippen LogP contribution in [0, 0.1) is 5.92 Å². The van der Waals surface area contributed by atoms with E-state index in [1.54, 1.807) is 0 Å². The minimum absolute atomic E-state index is 0.153. The Labute approximate surface area is 236 Å². The van der Waals surface area contributed by atoms with Crippen LogP contribution in [-0.4, -0.2) is 24.9 Å². The first-order chi connectivity index (χ1) is 19.1. The molecule has 2 aromatic carbocycles. The van der Waals surface area contributed by atoms with E-state index in [1.165, 1.54) is 74.5 Å². The van der Waals surface area contributed by atoms with Gasteiger partial charge in [0.2, 0.25) is 0 Å². The van der Waals surface area contributed by atoms with Crippen molar-refractivity contribution in [1.82, 2.24) is 0 Å². The van der Waals surface area contributed by atoms with Crippen LogP contribution in [0.3, 0.4) is 0 Å². The number of hydrogen-bond donors (Lipinski definition) is 0. The van der Waals surface area contributed by atoms with Crippen molar-refractivity contribution < 1.29 is 18.7 Å². The first-order valence-corrected chi connectivity index (χ1v) is 15.8. The van der Waals surface area contributed by atoms with Crippen LogP contribution in [0.5, 0.6) is 5.75 Å². The van der Waals surface area contributed by atoms with E-state index in [9.17, 15) is 9.18 Å². The van der Waals surface area contributed by atoms with Crippen molar-refractivity contribution in [1.29, 1.82) is 0 Å². The maximum Gasteiger partial charge on any atom is 0.340 e. The summed E-state index contributed by atoms with van der Waals surface area (Å²) in [7, 11) is 0. The summed E-state index contributed by atoms with van der Waals surface area (Å²) in [6, 6.07) is 17.4. The first-order valence-electron chi connectivity index (χ1n) is 15.8. The second kappa shape index (κ2) is 18.1. The molecule has 1 atom stereocenters. The quantitative estimate of drug-likeness (QED) is 0.140. The van der Waals surface area contributed by atoms with Gasteiger partial charge in [0, 0.05) is 0 Å². The van der Waals surface area contributed by atoms with E-state index in [-0.39, 0.29) is 12.5 Å². The third kappa shape index (κ3) is 11.7. The van der Waals surface area contributed by atoms with Crippen molar-refractivity contribution in [3.63, 3.8) is 0 Å². The van der Waals surface area contributed by atoms with Crippen molar-refractivity contribution in [2.24, 2.45) is 5.92 Å². The van der Waals surface area contributed by atoms with E-state index in [0.29, 0.717) is 18.9 Å². The van der Waals surface area contributed by atoms with Gasteiger partial charge in [0.15, 0.2) is 6.17 Å². The lowest BCUT2D eigenvalue weighted by molar-refractivity contribution is -0.157. The largest absolute Gasteiger partial charge is 0.493 e. The second-order valence-corrected chi connectivity index (χ2v) is 11.4. The molecule has 2 aromatic rings. The Kier molecular flexibility index (Phi) is 14.4. The number of unbranched alkanes of at least 4 members (excludes halogenated alkanes) is 8. The van der Waals surface area contributed by atoms with Gasteiger partial charge in [-0.2, -0.15) is 0 Å². The van der Waals surface area contributed by atoms with Crippen molar-refractivity contribution in [3.8, 4) is 16.9 Å². The molecule has 0 amide bonds. The van der Waals surface area contributed by atoms with Crippen LogP contribution < -0.4 is 4.74 Å². The number of hydrogen-bond acceptors (Lipinski definition) is 3. The van der Waals surface area contributed by atoms with E-state index in [2.05, 4.69) is 55.5 Å². The van der Waals surface area contributed by atoms with Gasteiger partial charge in [0.05, 0.1) is 6.61 Å². The van der Waals surface area contributed by atoms with Gasteiger partial charge in [0.1, 0.15) is 11.9 Å². The summed E-state index contributed by atoms with van der Waals surface area (Å²) in [5.74, 6) is 0.644.